The molecule has 0 aliphatic heterocycles. The Morgan fingerprint density at radius 1 is 1.45 bits per heavy atom. The zero-order chi connectivity index (χ0) is 14.5. The quantitative estimate of drug-likeness (QED) is 0.643. The minimum absolute atomic E-state index is 0.00462. The smallest absolute Gasteiger partial charge is 0.271 e. The van der Waals surface area contributed by atoms with Crippen LogP contribution < -0.4 is 0 Å². The summed E-state index contributed by atoms with van der Waals surface area (Å²) in [4.78, 5) is 10.4. The van der Waals surface area contributed by atoms with E-state index in [0.29, 0.717) is 11.4 Å². The molecule has 106 valence electrons. The van der Waals surface area contributed by atoms with Crippen LogP contribution in [0.5, 0.6) is 0 Å². The van der Waals surface area contributed by atoms with E-state index in [1.54, 1.807) is 16.8 Å². The van der Waals surface area contributed by atoms with Gasteiger partial charge in [-0.05, 0) is 18.9 Å². The van der Waals surface area contributed by atoms with E-state index in [4.69, 9.17) is 0 Å². The molecule has 2 rings (SSSR count). The highest BCUT2D eigenvalue weighted by molar-refractivity contribution is 5.43. The fourth-order valence-electron chi connectivity index (χ4n) is 2.00. The highest BCUT2D eigenvalue weighted by atomic mass is 16.6. The first-order chi connectivity index (χ1) is 9.67. The first kappa shape index (κ1) is 14.1. The lowest BCUT2D eigenvalue weighted by Gasteiger charge is -2.06. The van der Waals surface area contributed by atoms with E-state index in [-0.39, 0.29) is 12.3 Å². The number of nitro benzene ring substituents is 1. The second-order valence-electron chi connectivity index (χ2n) is 4.43. The SMILES string of the molecule is CCCCc1c(CO)nnn1-c1cccc([N+](=O)[O-])c1. The average molecular weight is 276 g/mol. The monoisotopic (exact) mass is 276 g/mol. The number of hydrogen-bond acceptors (Lipinski definition) is 5. The number of benzene rings is 1. The summed E-state index contributed by atoms with van der Waals surface area (Å²) in [6.07, 6.45) is 2.67. The molecule has 0 spiro atoms. The molecule has 0 radical (unpaired) electrons. The molecule has 1 heterocycles. The normalized spacial score (nSPS) is 10.7. The largest absolute Gasteiger partial charge is 0.390 e. The van der Waals surface area contributed by atoms with Crippen LogP contribution in [0.3, 0.4) is 0 Å². The third kappa shape index (κ3) is 2.83. The summed E-state index contributed by atoms with van der Waals surface area (Å²) in [5.41, 5.74) is 1.90. The van der Waals surface area contributed by atoms with Crippen molar-refractivity contribution in [2.75, 3.05) is 0 Å². The predicted octanol–water partition coefficient (Wildman–Crippen LogP) is 2.01. The molecule has 20 heavy (non-hydrogen) atoms. The standard InChI is InChI=1S/C13H16N4O3/c1-2-3-7-13-12(9-18)14-15-16(13)10-5-4-6-11(8-10)17(19)20/h4-6,8,18H,2-3,7,9H2,1H3. The number of aliphatic hydroxyl groups excluding tert-OH is 1. The topological polar surface area (TPSA) is 94.1 Å². The van der Waals surface area contributed by atoms with Crippen molar-refractivity contribution in [1.29, 1.82) is 0 Å². The van der Waals surface area contributed by atoms with Crippen molar-refractivity contribution in [1.82, 2.24) is 15.0 Å². The molecule has 7 nitrogen and oxygen atoms in total. The van der Waals surface area contributed by atoms with E-state index < -0.39 is 4.92 Å². The van der Waals surface area contributed by atoms with Crippen molar-refractivity contribution < 1.29 is 10.0 Å². The highest BCUT2D eigenvalue weighted by Gasteiger charge is 2.15. The van der Waals surface area contributed by atoms with Crippen LogP contribution in [0.15, 0.2) is 24.3 Å². The molecule has 0 atom stereocenters. The number of hydrogen-bond donors (Lipinski definition) is 1. The van der Waals surface area contributed by atoms with Crippen molar-refractivity contribution >= 4 is 5.69 Å². The molecule has 1 N–H and O–H groups in total. The van der Waals surface area contributed by atoms with Crippen molar-refractivity contribution in [2.45, 2.75) is 32.8 Å². The molecule has 0 unspecified atom stereocenters. The summed E-state index contributed by atoms with van der Waals surface area (Å²) in [6.45, 7) is 1.88. The van der Waals surface area contributed by atoms with Gasteiger partial charge in [0.25, 0.3) is 5.69 Å². The maximum Gasteiger partial charge on any atom is 0.271 e. The first-order valence-corrected chi connectivity index (χ1v) is 6.46. The third-order valence-corrected chi connectivity index (χ3v) is 3.05. The average Bonchev–Trinajstić information content (AvgIpc) is 2.88. The molecular weight excluding hydrogens is 260 g/mol. The molecule has 7 heteroatoms. The lowest BCUT2D eigenvalue weighted by Crippen LogP contribution is -2.04. The number of unbranched alkanes of at least 4 members (excludes halogenated alkanes) is 1. The van der Waals surface area contributed by atoms with E-state index in [0.717, 1.165) is 25.0 Å². The van der Waals surface area contributed by atoms with Crippen LogP contribution >= 0.6 is 0 Å². The second kappa shape index (κ2) is 6.25. The van der Waals surface area contributed by atoms with Gasteiger partial charge in [-0.2, -0.15) is 0 Å². The van der Waals surface area contributed by atoms with Crippen LogP contribution in [0.1, 0.15) is 31.2 Å². The van der Waals surface area contributed by atoms with Gasteiger partial charge in [-0.25, -0.2) is 4.68 Å². The fourth-order valence-corrected chi connectivity index (χ4v) is 2.00. The minimum Gasteiger partial charge on any atom is -0.390 e. The molecule has 1 aromatic carbocycles. The molecule has 2 aromatic rings. The van der Waals surface area contributed by atoms with E-state index in [2.05, 4.69) is 17.2 Å². The second-order valence-corrected chi connectivity index (χ2v) is 4.43. The Bertz CT molecular complexity index is 609. The summed E-state index contributed by atoms with van der Waals surface area (Å²) in [6, 6.07) is 6.22. The third-order valence-electron chi connectivity index (χ3n) is 3.05. The Hall–Kier alpha value is -2.28. The summed E-state index contributed by atoms with van der Waals surface area (Å²) >= 11 is 0. The van der Waals surface area contributed by atoms with Crippen LogP contribution in [-0.4, -0.2) is 25.0 Å². The van der Waals surface area contributed by atoms with Crippen LogP contribution in [0, 0.1) is 10.1 Å². The van der Waals surface area contributed by atoms with Crippen molar-refractivity contribution in [2.24, 2.45) is 0 Å². The summed E-state index contributed by atoms with van der Waals surface area (Å²) in [5.74, 6) is 0. The van der Waals surface area contributed by atoms with E-state index in [9.17, 15) is 15.2 Å². The van der Waals surface area contributed by atoms with E-state index in [1.165, 1.54) is 12.1 Å². The number of non-ortho nitro benzene ring substituents is 1. The zero-order valence-electron chi connectivity index (χ0n) is 11.2. The van der Waals surface area contributed by atoms with Gasteiger partial charge in [0.2, 0.25) is 0 Å². The van der Waals surface area contributed by atoms with Crippen LogP contribution in [0.4, 0.5) is 5.69 Å². The Labute approximate surface area is 116 Å². The van der Waals surface area contributed by atoms with Gasteiger partial charge in [0.05, 0.1) is 22.9 Å². The van der Waals surface area contributed by atoms with Gasteiger partial charge in [0.1, 0.15) is 5.69 Å². The highest BCUT2D eigenvalue weighted by Crippen LogP contribution is 2.20. The van der Waals surface area contributed by atoms with Crippen molar-refractivity contribution in [3.05, 3.63) is 45.8 Å². The van der Waals surface area contributed by atoms with Crippen LogP contribution in [-0.2, 0) is 13.0 Å². The molecule has 0 fully saturated rings. The van der Waals surface area contributed by atoms with Crippen molar-refractivity contribution in [3.8, 4) is 5.69 Å². The van der Waals surface area contributed by atoms with Gasteiger partial charge in [0.15, 0.2) is 0 Å². The van der Waals surface area contributed by atoms with E-state index >= 15 is 0 Å². The van der Waals surface area contributed by atoms with Crippen LogP contribution in [0.25, 0.3) is 5.69 Å². The maximum absolute atomic E-state index is 10.8. The van der Waals surface area contributed by atoms with Gasteiger partial charge in [0, 0.05) is 12.1 Å². The number of aromatic nitrogens is 3. The van der Waals surface area contributed by atoms with Gasteiger partial charge >= 0.3 is 0 Å². The van der Waals surface area contributed by atoms with Gasteiger partial charge < -0.3 is 5.11 Å². The zero-order valence-corrected chi connectivity index (χ0v) is 11.2. The molecule has 0 saturated carbocycles. The fraction of sp³-hybridized carbons (Fsp3) is 0.385. The van der Waals surface area contributed by atoms with Crippen molar-refractivity contribution in [3.63, 3.8) is 0 Å². The lowest BCUT2D eigenvalue weighted by atomic mass is 10.1. The summed E-state index contributed by atoms with van der Waals surface area (Å²) < 4.78 is 1.56. The first-order valence-electron chi connectivity index (χ1n) is 6.46. The number of nitrogens with zero attached hydrogens (tertiary/aromatic N) is 4. The molecule has 1 aromatic heterocycles. The Morgan fingerprint density at radius 3 is 2.90 bits per heavy atom. The molecule has 0 amide bonds. The molecule has 0 bridgehead atoms. The minimum atomic E-state index is -0.445. The number of rotatable bonds is 6. The van der Waals surface area contributed by atoms with Gasteiger partial charge in [-0.15, -0.1) is 5.10 Å². The van der Waals surface area contributed by atoms with E-state index in [1.807, 2.05) is 0 Å². The summed E-state index contributed by atoms with van der Waals surface area (Å²) in [7, 11) is 0. The molecule has 0 saturated heterocycles. The predicted molar refractivity (Wildman–Crippen MR) is 72.5 cm³/mol. The van der Waals surface area contributed by atoms with Gasteiger partial charge in [-0.1, -0.05) is 24.6 Å². The maximum atomic E-state index is 10.8. The van der Waals surface area contributed by atoms with Gasteiger partial charge in [-0.3, -0.25) is 10.1 Å². The lowest BCUT2D eigenvalue weighted by molar-refractivity contribution is -0.384. The number of aliphatic hydroxyl groups is 1. The molecule has 0 aliphatic carbocycles. The summed E-state index contributed by atoms with van der Waals surface area (Å²) in [5, 5.41) is 28.0. The number of nitro groups is 1. The Morgan fingerprint density at radius 2 is 2.25 bits per heavy atom. The molecule has 0 aliphatic rings. The van der Waals surface area contributed by atoms with Crippen LogP contribution in [0.2, 0.25) is 0 Å². The molecular formula is C13H16N4O3. The Balaban J connectivity index is 2.43. The Kier molecular flexibility index (Phi) is 4.41.